The maximum Gasteiger partial charge on any atom is 0.321 e. The van der Waals surface area contributed by atoms with Gasteiger partial charge in [-0.25, -0.2) is 0 Å². The number of primary amides is 1. The maximum atomic E-state index is 11.7. The van der Waals surface area contributed by atoms with Crippen molar-refractivity contribution in [2.45, 2.75) is 0 Å². The highest BCUT2D eigenvalue weighted by atomic mass is 32.1. The molecule has 2 N–H and O–H groups in total. The number of nitrogens with zero attached hydrogens (tertiary/aromatic N) is 1. The third-order valence-electron chi connectivity index (χ3n) is 1.87. The summed E-state index contributed by atoms with van der Waals surface area (Å²) in [6.07, 6.45) is 0. The molecule has 0 atom stereocenters. The lowest BCUT2D eigenvalue weighted by atomic mass is 10.4. The number of nitrogens with two attached hydrogens (primary N) is 1. The van der Waals surface area contributed by atoms with Gasteiger partial charge in [0.25, 0.3) is 0 Å². The van der Waals surface area contributed by atoms with E-state index in [2.05, 4.69) is 0 Å². The number of hydrogen-bond donors (Lipinski definition) is 1. The van der Waals surface area contributed by atoms with E-state index in [1.54, 1.807) is 12.1 Å². The Kier molecular flexibility index (Phi) is 3.02. The van der Waals surface area contributed by atoms with E-state index >= 15 is 0 Å². The first-order valence-electron chi connectivity index (χ1n) is 4.41. The highest BCUT2D eigenvalue weighted by Gasteiger charge is 2.23. The molecule has 4 nitrogen and oxygen atoms in total. The van der Waals surface area contributed by atoms with Crippen LogP contribution in [0.1, 0.15) is 0 Å². The fraction of sp³-hybridized carbons (Fsp3) is 0. The molecule has 0 saturated heterocycles. The van der Waals surface area contributed by atoms with Crippen molar-refractivity contribution < 1.29 is 9.59 Å². The summed E-state index contributed by atoms with van der Waals surface area (Å²) >= 11 is 2.76. The number of amides is 2. The summed E-state index contributed by atoms with van der Waals surface area (Å²) in [5, 5.41) is 5.05. The first-order valence-corrected chi connectivity index (χ1v) is 6.17. The summed E-state index contributed by atoms with van der Waals surface area (Å²) in [6, 6.07) is 7.17. The molecule has 0 saturated carbocycles. The van der Waals surface area contributed by atoms with Crippen LogP contribution in [0.5, 0.6) is 0 Å². The van der Waals surface area contributed by atoms with Crippen LogP contribution in [-0.2, 0) is 9.59 Å². The van der Waals surface area contributed by atoms with Gasteiger partial charge in [-0.05, 0) is 35.0 Å². The molecule has 2 amide bonds. The average Bonchev–Trinajstić information content (AvgIpc) is 2.89. The molecule has 2 aromatic rings. The predicted octanol–water partition coefficient (Wildman–Crippen LogP) is 1.96. The van der Waals surface area contributed by atoms with Gasteiger partial charge in [0.1, 0.15) is 10.0 Å². The number of carbonyl (C=O) groups excluding carboxylic acids is 2. The minimum Gasteiger partial charge on any atom is -0.361 e. The largest absolute Gasteiger partial charge is 0.361 e. The van der Waals surface area contributed by atoms with Gasteiger partial charge in [-0.2, -0.15) is 0 Å². The Bertz CT molecular complexity index is 457. The van der Waals surface area contributed by atoms with Gasteiger partial charge >= 0.3 is 11.8 Å². The van der Waals surface area contributed by atoms with Crippen molar-refractivity contribution in [3.05, 3.63) is 35.0 Å². The van der Waals surface area contributed by atoms with Crippen LogP contribution >= 0.6 is 22.7 Å². The summed E-state index contributed by atoms with van der Waals surface area (Å²) < 4.78 is 0. The number of hydrogen-bond acceptors (Lipinski definition) is 4. The van der Waals surface area contributed by atoms with E-state index in [0.29, 0.717) is 10.0 Å². The Morgan fingerprint density at radius 3 is 1.88 bits per heavy atom. The number of carbonyl (C=O) groups is 2. The van der Waals surface area contributed by atoms with E-state index in [4.69, 9.17) is 5.73 Å². The van der Waals surface area contributed by atoms with Gasteiger partial charge in [-0.1, -0.05) is 0 Å². The van der Waals surface area contributed by atoms with Crippen molar-refractivity contribution in [2.24, 2.45) is 5.73 Å². The molecule has 0 radical (unpaired) electrons. The van der Waals surface area contributed by atoms with Crippen LogP contribution in [0.3, 0.4) is 0 Å². The van der Waals surface area contributed by atoms with Gasteiger partial charge in [0.15, 0.2) is 0 Å². The van der Waals surface area contributed by atoms with Gasteiger partial charge < -0.3 is 5.73 Å². The zero-order chi connectivity index (χ0) is 11.5. The molecule has 2 aromatic heterocycles. The first kappa shape index (κ1) is 10.8. The molecule has 6 heteroatoms. The molecule has 0 spiro atoms. The topological polar surface area (TPSA) is 63.4 Å². The van der Waals surface area contributed by atoms with Crippen LogP contribution in [0.2, 0.25) is 0 Å². The summed E-state index contributed by atoms with van der Waals surface area (Å²) in [5.74, 6) is -1.67. The van der Waals surface area contributed by atoms with Crippen LogP contribution < -0.4 is 10.6 Å². The van der Waals surface area contributed by atoms with Crippen molar-refractivity contribution in [1.82, 2.24) is 0 Å². The molecule has 82 valence electrons. The van der Waals surface area contributed by atoms with E-state index in [1.807, 2.05) is 22.9 Å². The molecule has 2 rings (SSSR count). The van der Waals surface area contributed by atoms with E-state index < -0.39 is 11.8 Å². The van der Waals surface area contributed by atoms with Gasteiger partial charge in [0.05, 0.1) is 0 Å². The minimum atomic E-state index is -0.957. The molecule has 0 aliphatic carbocycles. The van der Waals surface area contributed by atoms with Gasteiger partial charge in [-0.3, -0.25) is 14.5 Å². The molecule has 0 aliphatic rings. The lowest BCUT2D eigenvalue weighted by Gasteiger charge is -2.16. The quantitative estimate of drug-likeness (QED) is 0.830. The second-order valence-electron chi connectivity index (χ2n) is 2.91. The van der Waals surface area contributed by atoms with Gasteiger partial charge in [0.2, 0.25) is 0 Å². The third kappa shape index (κ3) is 1.98. The van der Waals surface area contributed by atoms with Crippen LogP contribution in [0.15, 0.2) is 35.0 Å². The molecule has 16 heavy (non-hydrogen) atoms. The van der Waals surface area contributed by atoms with Crippen molar-refractivity contribution in [2.75, 3.05) is 4.90 Å². The molecule has 0 bridgehead atoms. The second kappa shape index (κ2) is 4.46. The highest BCUT2D eigenvalue weighted by molar-refractivity contribution is 7.17. The van der Waals surface area contributed by atoms with Crippen molar-refractivity contribution >= 4 is 44.5 Å². The standard InChI is InChI=1S/C10H8N2O2S2/c11-9(13)10(14)12(7-3-1-5-15-7)8-4-2-6-16-8/h1-6H,(H2,11,13). The fourth-order valence-corrected chi connectivity index (χ4v) is 2.75. The molecule has 0 aliphatic heterocycles. The van der Waals surface area contributed by atoms with Gasteiger partial charge in [0, 0.05) is 0 Å². The summed E-state index contributed by atoms with van der Waals surface area (Å²) in [5.41, 5.74) is 5.03. The SMILES string of the molecule is NC(=O)C(=O)N(c1cccs1)c1cccs1. The third-order valence-corrected chi connectivity index (χ3v) is 3.57. The Morgan fingerprint density at radius 2 is 1.56 bits per heavy atom. The van der Waals surface area contributed by atoms with Crippen LogP contribution in [0, 0.1) is 0 Å². The molecule has 0 fully saturated rings. The van der Waals surface area contributed by atoms with Crippen LogP contribution in [0.25, 0.3) is 0 Å². The van der Waals surface area contributed by atoms with Crippen molar-refractivity contribution in [1.29, 1.82) is 0 Å². The summed E-state index contributed by atoms with van der Waals surface area (Å²) in [7, 11) is 0. The average molecular weight is 252 g/mol. The Morgan fingerprint density at radius 1 is 1.06 bits per heavy atom. The normalized spacial score (nSPS) is 10.0. The molecular weight excluding hydrogens is 244 g/mol. The van der Waals surface area contributed by atoms with Crippen molar-refractivity contribution in [3.8, 4) is 0 Å². The lowest BCUT2D eigenvalue weighted by Crippen LogP contribution is -2.36. The fourth-order valence-electron chi connectivity index (χ4n) is 1.21. The second-order valence-corrected chi connectivity index (χ2v) is 4.76. The Balaban J connectivity index is 2.42. The van der Waals surface area contributed by atoms with E-state index in [-0.39, 0.29) is 0 Å². The molecule has 0 aromatic carbocycles. The van der Waals surface area contributed by atoms with Gasteiger partial charge in [-0.15, -0.1) is 22.7 Å². The molecular formula is C10H8N2O2S2. The zero-order valence-electron chi connectivity index (χ0n) is 8.12. The number of anilines is 2. The minimum absolute atomic E-state index is 0.686. The lowest BCUT2D eigenvalue weighted by molar-refractivity contribution is -0.135. The Hall–Kier alpha value is -1.66. The molecule has 2 heterocycles. The van der Waals surface area contributed by atoms with E-state index in [9.17, 15) is 9.59 Å². The maximum absolute atomic E-state index is 11.7. The monoisotopic (exact) mass is 252 g/mol. The number of thiophene rings is 2. The predicted molar refractivity (Wildman–Crippen MR) is 65.0 cm³/mol. The summed E-state index contributed by atoms with van der Waals surface area (Å²) in [6.45, 7) is 0. The van der Waals surface area contributed by atoms with Crippen LogP contribution in [-0.4, -0.2) is 11.8 Å². The number of rotatable bonds is 2. The first-order chi connectivity index (χ1) is 7.70. The summed E-state index contributed by atoms with van der Waals surface area (Å²) in [4.78, 5) is 24.0. The van der Waals surface area contributed by atoms with Crippen LogP contribution in [0.4, 0.5) is 10.0 Å². The highest BCUT2D eigenvalue weighted by Crippen LogP contribution is 2.32. The zero-order valence-corrected chi connectivity index (χ0v) is 9.75. The van der Waals surface area contributed by atoms with Crippen molar-refractivity contribution in [3.63, 3.8) is 0 Å². The van der Waals surface area contributed by atoms with E-state index in [1.165, 1.54) is 27.6 Å². The molecule has 0 unspecified atom stereocenters. The smallest absolute Gasteiger partial charge is 0.321 e. The Labute approximate surface area is 99.9 Å². The van der Waals surface area contributed by atoms with E-state index in [0.717, 1.165) is 0 Å².